The van der Waals surface area contributed by atoms with Gasteiger partial charge in [0.15, 0.2) is 0 Å². The maximum atomic E-state index is 15.3. The first-order chi connectivity index (χ1) is 15.4. The van der Waals surface area contributed by atoms with E-state index in [4.69, 9.17) is 9.47 Å². The molecule has 1 saturated heterocycles. The van der Waals surface area contributed by atoms with Crippen LogP contribution in [0, 0.1) is 18.7 Å². The molecule has 1 unspecified atom stereocenters. The molecule has 8 nitrogen and oxygen atoms in total. The van der Waals surface area contributed by atoms with Crippen LogP contribution in [0.5, 0.6) is 0 Å². The largest absolute Gasteiger partial charge is 0.465 e. The first-order valence-corrected chi connectivity index (χ1v) is 11.4. The lowest BCUT2D eigenvalue weighted by atomic mass is 10.0. The van der Waals surface area contributed by atoms with Crippen LogP contribution in [0.2, 0.25) is 0 Å². The minimum Gasteiger partial charge on any atom is -0.465 e. The summed E-state index contributed by atoms with van der Waals surface area (Å²) in [7, 11) is 1.24. The van der Waals surface area contributed by atoms with Crippen LogP contribution >= 0.6 is 0 Å². The summed E-state index contributed by atoms with van der Waals surface area (Å²) in [5.41, 5.74) is 0.820. The molecule has 1 aromatic rings. The molecular weight excluding hydrogens is 429 g/mol. The molecule has 2 aliphatic rings. The van der Waals surface area contributed by atoms with E-state index in [2.05, 4.69) is 5.32 Å². The summed E-state index contributed by atoms with van der Waals surface area (Å²) in [4.78, 5) is 40.4. The minimum atomic E-state index is -0.675. The Hall–Kier alpha value is -2.84. The predicted octanol–water partition coefficient (Wildman–Crippen LogP) is 3.79. The fraction of sp³-hybridized carbons (Fsp3) is 0.625. The fourth-order valence-electron chi connectivity index (χ4n) is 4.40. The van der Waals surface area contributed by atoms with Crippen LogP contribution in [0.25, 0.3) is 0 Å². The highest BCUT2D eigenvalue weighted by Crippen LogP contribution is 2.42. The molecule has 182 valence electrons. The van der Waals surface area contributed by atoms with Gasteiger partial charge < -0.3 is 24.6 Å². The van der Waals surface area contributed by atoms with Crippen LogP contribution in [-0.4, -0.2) is 56.4 Å². The number of alkyl carbamates (subject to hydrolysis) is 1. The number of hydrogen-bond donors (Lipinski definition) is 1. The van der Waals surface area contributed by atoms with Crippen molar-refractivity contribution in [2.45, 2.75) is 65.5 Å². The smallest absolute Gasteiger partial charge is 0.407 e. The van der Waals surface area contributed by atoms with Gasteiger partial charge in [0, 0.05) is 38.2 Å². The van der Waals surface area contributed by atoms with Crippen molar-refractivity contribution in [1.82, 2.24) is 5.32 Å². The summed E-state index contributed by atoms with van der Waals surface area (Å²) in [5.74, 6) is -1.28. The van der Waals surface area contributed by atoms with E-state index in [0.29, 0.717) is 36.6 Å². The van der Waals surface area contributed by atoms with Gasteiger partial charge in [-0.15, -0.1) is 0 Å². The summed E-state index contributed by atoms with van der Waals surface area (Å²) in [5, 5.41) is 2.79. The second-order valence-electron chi connectivity index (χ2n) is 9.82. The van der Waals surface area contributed by atoms with Crippen molar-refractivity contribution in [3.63, 3.8) is 0 Å². The van der Waals surface area contributed by atoms with Gasteiger partial charge in [0.2, 0.25) is 5.91 Å². The standard InChI is InChI=1S/C24H34FN3O5/c1-14-20(28(15(2)29)17-7-8-17)18(22(30)32-6)11-19(25)21(14)27-10-9-16(13-27)12-26-23(31)33-24(3,4)5/h11,16-17H,7-10,12-13H2,1-6H3,(H,26,31). The van der Waals surface area contributed by atoms with E-state index < -0.39 is 23.5 Å². The number of carbonyl (C=O) groups is 3. The Labute approximate surface area is 194 Å². The number of anilines is 2. The Kier molecular flexibility index (Phi) is 7.19. The van der Waals surface area contributed by atoms with Crippen molar-refractivity contribution in [2.75, 3.05) is 36.5 Å². The molecule has 33 heavy (non-hydrogen) atoms. The normalized spacial score (nSPS) is 18.2. The number of rotatable bonds is 6. The molecule has 2 fully saturated rings. The fourth-order valence-corrected chi connectivity index (χ4v) is 4.40. The van der Waals surface area contributed by atoms with Crippen molar-refractivity contribution in [1.29, 1.82) is 0 Å². The maximum Gasteiger partial charge on any atom is 0.407 e. The van der Waals surface area contributed by atoms with Gasteiger partial charge in [0.05, 0.1) is 24.0 Å². The number of esters is 1. The van der Waals surface area contributed by atoms with Gasteiger partial charge in [0.1, 0.15) is 11.4 Å². The van der Waals surface area contributed by atoms with Crippen LogP contribution in [0.1, 0.15) is 62.9 Å². The highest BCUT2D eigenvalue weighted by molar-refractivity contribution is 6.04. The van der Waals surface area contributed by atoms with E-state index in [1.54, 1.807) is 32.6 Å². The predicted molar refractivity (Wildman–Crippen MR) is 123 cm³/mol. The molecule has 1 N–H and O–H groups in total. The van der Waals surface area contributed by atoms with Crippen molar-refractivity contribution in [2.24, 2.45) is 5.92 Å². The number of ether oxygens (including phenoxy) is 2. The molecule has 1 heterocycles. The molecule has 0 bridgehead atoms. The molecule has 1 saturated carbocycles. The van der Waals surface area contributed by atoms with Crippen molar-refractivity contribution < 1.29 is 28.2 Å². The third-order valence-corrected chi connectivity index (χ3v) is 5.90. The van der Waals surface area contributed by atoms with E-state index in [1.807, 2.05) is 4.90 Å². The summed E-state index contributed by atoms with van der Waals surface area (Å²) < 4.78 is 25.5. The molecule has 9 heteroatoms. The Bertz CT molecular complexity index is 939. The van der Waals surface area contributed by atoms with E-state index in [-0.39, 0.29) is 23.4 Å². The number of nitrogens with one attached hydrogen (secondary N) is 1. The monoisotopic (exact) mass is 463 g/mol. The molecule has 0 aromatic heterocycles. The van der Waals surface area contributed by atoms with Gasteiger partial charge >= 0.3 is 12.1 Å². The average molecular weight is 464 g/mol. The molecule has 2 amide bonds. The summed E-state index contributed by atoms with van der Waals surface area (Å²) in [6, 6.07) is 1.18. The molecular formula is C24H34FN3O5. The summed E-state index contributed by atoms with van der Waals surface area (Å²) >= 11 is 0. The zero-order chi connectivity index (χ0) is 24.5. The second kappa shape index (κ2) is 9.57. The number of nitrogens with zero attached hydrogens (tertiary/aromatic N) is 2. The Balaban J connectivity index is 1.85. The Morgan fingerprint density at radius 1 is 1.24 bits per heavy atom. The van der Waals surface area contributed by atoms with Crippen molar-refractivity contribution in [3.8, 4) is 0 Å². The quantitative estimate of drug-likeness (QED) is 0.646. The molecule has 1 aliphatic heterocycles. The SMILES string of the molecule is COC(=O)c1cc(F)c(N2CCC(CNC(=O)OC(C)(C)C)C2)c(C)c1N(C(C)=O)C1CC1. The van der Waals surface area contributed by atoms with Crippen LogP contribution in [0.4, 0.5) is 20.6 Å². The molecule has 0 radical (unpaired) electrons. The van der Waals surface area contributed by atoms with E-state index in [9.17, 15) is 14.4 Å². The highest BCUT2D eigenvalue weighted by Gasteiger charge is 2.38. The number of hydrogen-bond acceptors (Lipinski definition) is 6. The van der Waals surface area contributed by atoms with E-state index in [0.717, 1.165) is 19.3 Å². The van der Waals surface area contributed by atoms with Gasteiger partial charge in [-0.1, -0.05) is 0 Å². The Morgan fingerprint density at radius 2 is 1.91 bits per heavy atom. The number of halogens is 1. The molecule has 3 rings (SSSR count). The summed E-state index contributed by atoms with van der Waals surface area (Å²) in [6.45, 7) is 10.2. The van der Waals surface area contributed by atoms with Gasteiger partial charge in [-0.2, -0.15) is 0 Å². The number of benzene rings is 1. The highest BCUT2D eigenvalue weighted by atomic mass is 19.1. The molecule has 1 aromatic carbocycles. The second-order valence-corrected chi connectivity index (χ2v) is 9.82. The zero-order valence-electron chi connectivity index (χ0n) is 20.3. The molecule has 1 atom stereocenters. The third-order valence-electron chi connectivity index (χ3n) is 5.90. The van der Waals surface area contributed by atoms with Crippen molar-refractivity contribution in [3.05, 3.63) is 23.0 Å². The molecule has 0 spiro atoms. The minimum absolute atomic E-state index is 0.00673. The summed E-state index contributed by atoms with van der Waals surface area (Å²) in [6.07, 6.45) is 1.97. The van der Waals surface area contributed by atoms with Crippen molar-refractivity contribution >= 4 is 29.3 Å². The van der Waals surface area contributed by atoms with E-state index in [1.165, 1.54) is 20.1 Å². The first kappa shape index (κ1) is 24.8. The zero-order valence-corrected chi connectivity index (χ0v) is 20.3. The maximum absolute atomic E-state index is 15.3. The lowest BCUT2D eigenvalue weighted by Gasteiger charge is -2.30. The van der Waals surface area contributed by atoms with Crippen LogP contribution in [-0.2, 0) is 14.3 Å². The lowest BCUT2D eigenvalue weighted by molar-refractivity contribution is -0.116. The van der Waals surface area contributed by atoms with Crippen LogP contribution < -0.4 is 15.1 Å². The third kappa shape index (κ3) is 5.75. The number of methoxy groups -OCH3 is 1. The van der Waals surface area contributed by atoms with Gasteiger partial charge in [-0.05, 0) is 58.9 Å². The Morgan fingerprint density at radius 3 is 2.45 bits per heavy atom. The average Bonchev–Trinajstić information content (AvgIpc) is 3.43. The van der Waals surface area contributed by atoms with Crippen LogP contribution in [0.15, 0.2) is 6.07 Å². The van der Waals surface area contributed by atoms with Crippen LogP contribution in [0.3, 0.4) is 0 Å². The first-order valence-electron chi connectivity index (χ1n) is 11.4. The van der Waals surface area contributed by atoms with Gasteiger partial charge in [-0.3, -0.25) is 4.79 Å². The number of carbonyl (C=O) groups excluding carboxylic acids is 3. The lowest BCUT2D eigenvalue weighted by Crippen LogP contribution is -2.36. The number of amides is 2. The van der Waals surface area contributed by atoms with E-state index >= 15 is 4.39 Å². The topological polar surface area (TPSA) is 88.2 Å². The molecule has 1 aliphatic carbocycles. The van der Waals surface area contributed by atoms with Gasteiger partial charge in [0.25, 0.3) is 0 Å². The van der Waals surface area contributed by atoms with Gasteiger partial charge in [-0.25, -0.2) is 14.0 Å².